The van der Waals surface area contributed by atoms with E-state index in [9.17, 15) is 14.3 Å². The van der Waals surface area contributed by atoms with Gasteiger partial charge in [0.15, 0.2) is 0 Å². The number of amides is 2. The number of carbonyl (C=O) groups excluding carboxylic acids is 1. The van der Waals surface area contributed by atoms with Gasteiger partial charge in [-0.3, -0.25) is 4.90 Å². The zero-order valence-corrected chi connectivity index (χ0v) is 15.4. The van der Waals surface area contributed by atoms with Gasteiger partial charge in [-0.2, -0.15) is 0 Å². The van der Waals surface area contributed by atoms with Crippen molar-refractivity contribution in [2.45, 2.75) is 19.4 Å². The van der Waals surface area contributed by atoms with Crippen LogP contribution in [0, 0.1) is 5.82 Å². The van der Waals surface area contributed by atoms with Crippen LogP contribution in [0.15, 0.2) is 48.5 Å². The van der Waals surface area contributed by atoms with E-state index in [2.05, 4.69) is 10.2 Å². The third kappa shape index (κ3) is 5.96. The molecule has 144 valence electrons. The summed E-state index contributed by atoms with van der Waals surface area (Å²) in [7, 11) is 0. The van der Waals surface area contributed by atoms with Crippen molar-refractivity contribution < 1.29 is 14.3 Å². The molecule has 2 amide bonds. The monoisotopic (exact) mass is 371 g/mol. The molecule has 1 aliphatic heterocycles. The second-order valence-corrected chi connectivity index (χ2v) is 6.90. The summed E-state index contributed by atoms with van der Waals surface area (Å²) in [6.07, 6.45) is 1.63. The van der Waals surface area contributed by atoms with E-state index in [1.165, 1.54) is 6.07 Å². The van der Waals surface area contributed by atoms with Crippen LogP contribution in [0.2, 0.25) is 0 Å². The van der Waals surface area contributed by atoms with Crippen LogP contribution < -0.4 is 5.32 Å². The van der Waals surface area contributed by atoms with Crippen molar-refractivity contribution in [3.63, 3.8) is 0 Å². The van der Waals surface area contributed by atoms with Crippen molar-refractivity contribution in [3.05, 3.63) is 65.5 Å². The second-order valence-electron chi connectivity index (χ2n) is 6.90. The van der Waals surface area contributed by atoms with Crippen LogP contribution in [0.25, 0.3) is 0 Å². The van der Waals surface area contributed by atoms with Gasteiger partial charge in [-0.25, -0.2) is 9.18 Å². The zero-order chi connectivity index (χ0) is 19.1. The van der Waals surface area contributed by atoms with Gasteiger partial charge in [0.2, 0.25) is 0 Å². The number of phenols is 1. The minimum atomic E-state index is -0.211. The SMILES string of the molecule is O=C(NCCc1ccc(O)cc1)N1CCCN(Cc2cccc(F)c2)CC1. The lowest BCUT2D eigenvalue weighted by molar-refractivity contribution is 0.198. The number of hydrogen-bond donors (Lipinski definition) is 2. The molecular weight excluding hydrogens is 345 g/mol. The first-order chi connectivity index (χ1) is 13.1. The van der Waals surface area contributed by atoms with Crippen LogP contribution in [0.3, 0.4) is 0 Å². The fourth-order valence-corrected chi connectivity index (χ4v) is 3.31. The van der Waals surface area contributed by atoms with Gasteiger partial charge >= 0.3 is 6.03 Å². The number of nitrogens with one attached hydrogen (secondary N) is 1. The van der Waals surface area contributed by atoms with E-state index < -0.39 is 0 Å². The van der Waals surface area contributed by atoms with Crippen molar-refractivity contribution in [3.8, 4) is 5.75 Å². The molecule has 2 aromatic rings. The van der Waals surface area contributed by atoms with E-state index in [1.807, 2.05) is 23.1 Å². The van der Waals surface area contributed by atoms with Crippen LogP contribution in [0.1, 0.15) is 17.5 Å². The number of aromatic hydroxyl groups is 1. The van der Waals surface area contributed by atoms with Crippen LogP contribution in [0.5, 0.6) is 5.75 Å². The lowest BCUT2D eigenvalue weighted by Crippen LogP contribution is -2.42. The Kier molecular flexibility index (Phi) is 6.65. The molecule has 6 heteroatoms. The Balaban J connectivity index is 1.43. The number of rotatable bonds is 5. The molecule has 27 heavy (non-hydrogen) atoms. The van der Waals surface area contributed by atoms with Gasteiger partial charge in [0, 0.05) is 39.3 Å². The summed E-state index contributed by atoms with van der Waals surface area (Å²) in [6.45, 7) is 4.34. The van der Waals surface area contributed by atoms with Crippen LogP contribution >= 0.6 is 0 Å². The molecule has 2 N–H and O–H groups in total. The molecule has 0 aromatic heterocycles. The number of phenolic OH excluding ortho intramolecular Hbond substituents is 1. The number of urea groups is 1. The van der Waals surface area contributed by atoms with Gasteiger partial charge in [-0.15, -0.1) is 0 Å². The quantitative estimate of drug-likeness (QED) is 0.850. The van der Waals surface area contributed by atoms with Crippen LogP contribution in [0.4, 0.5) is 9.18 Å². The summed E-state index contributed by atoms with van der Waals surface area (Å²) in [5.41, 5.74) is 2.03. The molecule has 1 fully saturated rings. The molecule has 3 rings (SSSR count). The first-order valence-corrected chi connectivity index (χ1v) is 9.37. The number of halogens is 1. The van der Waals surface area contributed by atoms with Gasteiger partial charge in [0.05, 0.1) is 0 Å². The summed E-state index contributed by atoms with van der Waals surface area (Å²) in [5.74, 6) is 0.0344. The molecule has 5 nitrogen and oxygen atoms in total. The fourth-order valence-electron chi connectivity index (χ4n) is 3.31. The van der Waals surface area contributed by atoms with Crippen molar-refractivity contribution in [1.29, 1.82) is 0 Å². The summed E-state index contributed by atoms with van der Waals surface area (Å²) < 4.78 is 13.3. The lowest BCUT2D eigenvalue weighted by atomic mass is 10.1. The highest BCUT2D eigenvalue weighted by molar-refractivity contribution is 5.74. The van der Waals surface area contributed by atoms with E-state index in [0.29, 0.717) is 19.6 Å². The molecule has 1 saturated heterocycles. The molecule has 0 spiro atoms. The maximum Gasteiger partial charge on any atom is 0.317 e. The molecule has 0 bridgehead atoms. The van der Waals surface area contributed by atoms with E-state index in [4.69, 9.17) is 0 Å². The van der Waals surface area contributed by atoms with Gasteiger partial charge < -0.3 is 15.3 Å². The molecular formula is C21H26FN3O2. The van der Waals surface area contributed by atoms with Crippen LogP contribution in [-0.4, -0.2) is 53.7 Å². The summed E-state index contributed by atoms with van der Waals surface area (Å²) in [5, 5.41) is 12.3. The van der Waals surface area contributed by atoms with E-state index in [-0.39, 0.29) is 17.6 Å². The third-order valence-electron chi connectivity index (χ3n) is 4.80. The topological polar surface area (TPSA) is 55.8 Å². The Hall–Kier alpha value is -2.60. The van der Waals surface area contributed by atoms with Crippen molar-refractivity contribution in [1.82, 2.24) is 15.1 Å². The van der Waals surface area contributed by atoms with Gasteiger partial charge in [0.1, 0.15) is 11.6 Å². The number of carbonyl (C=O) groups is 1. The average Bonchev–Trinajstić information content (AvgIpc) is 2.89. The Bertz CT molecular complexity index is 751. The third-order valence-corrected chi connectivity index (χ3v) is 4.80. The average molecular weight is 371 g/mol. The Morgan fingerprint density at radius 3 is 2.63 bits per heavy atom. The largest absolute Gasteiger partial charge is 0.508 e. The Labute approximate surface area is 159 Å². The standard InChI is InChI=1S/C21H26FN3O2/c22-19-4-1-3-18(15-19)16-24-11-2-12-25(14-13-24)21(27)23-10-9-17-5-7-20(26)8-6-17/h1,3-8,15,26H,2,9-14,16H2,(H,23,27). The van der Waals surface area contributed by atoms with Gasteiger partial charge in [-0.1, -0.05) is 24.3 Å². The minimum Gasteiger partial charge on any atom is -0.508 e. The lowest BCUT2D eigenvalue weighted by Gasteiger charge is -2.22. The Morgan fingerprint density at radius 1 is 1.04 bits per heavy atom. The van der Waals surface area contributed by atoms with Crippen molar-refractivity contribution in [2.24, 2.45) is 0 Å². The van der Waals surface area contributed by atoms with Gasteiger partial charge in [0.25, 0.3) is 0 Å². The van der Waals surface area contributed by atoms with E-state index >= 15 is 0 Å². The number of benzene rings is 2. The van der Waals surface area contributed by atoms with E-state index in [1.54, 1.807) is 24.3 Å². The Morgan fingerprint density at radius 2 is 1.85 bits per heavy atom. The first kappa shape index (κ1) is 19.2. The molecule has 0 radical (unpaired) electrons. The minimum absolute atomic E-state index is 0.0404. The summed E-state index contributed by atoms with van der Waals surface area (Å²) in [4.78, 5) is 16.5. The van der Waals surface area contributed by atoms with Gasteiger partial charge in [-0.05, 0) is 48.2 Å². The fraction of sp³-hybridized carbons (Fsp3) is 0.381. The molecule has 0 atom stereocenters. The second kappa shape index (κ2) is 9.37. The molecule has 0 unspecified atom stereocenters. The normalized spacial score (nSPS) is 15.4. The predicted octanol–water partition coefficient (Wildman–Crippen LogP) is 2.99. The number of hydrogen-bond acceptors (Lipinski definition) is 3. The smallest absolute Gasteiger partial charge is 0.317 e. The predicted molar refractivity (Wildman–Crippen MR) is 103 cm³/mol. The van der Waals surface area contributed by atoms with Crippen molar-refractivity contribution >= 4 is 6.03 Å². The maximum atomic E-state index is 13.3. The van der Waals surface area contributed by atoms with Crippen LogP contribution in [-0.2, 0) is 13.0 Å². The summed E-state index contributed by atoms with van der Waals surface area (Å²) in [6, 6.07) is 13.7. The highest BCUT2D eigenvalue weighted by Crippen LogP contribution is 2.11. The molecule has 1 aliphatic rings. The zero-order valence-electron chi connectivity index (χ0n) is 15.4. The van der Waals surface area contributed by atoms with E-state index in [0.717, 1.165) is 43.6 Å². The first-order valence-electron chi connectivity index (χ1n) is 9.37. The van der Waals surface area contributed by atoms with Crippen molar-refractivity contribution in [2.75, 3.05) is 32.7 Å². The highest BCUT2D eigenvalue weighted by atomic mass is 19.1. The number of nitrogens with zero attached hydrogens (tertiary/aromatic N) is 2. The highest BCUT2D eigenvalue weighted by Gasteiger charge is 2.19. The molecule has 0 aliphatic carbocycles. The summed E-state index contributed by atoms with van der Waals surface area (Å²) >= 11 is 0. The maximum absolute atomic E-state index is 13.3. The molecule has 0 saturated carbocycles. The molecule has 2 aromatic carbocycles. The molecule has 1 heterocycles.